The fourth-order valence-electron chi connectivity index (χ4n) is 3.18. The zero-order valence-electron chi connectivity index (χ0n) is 13.4. The molecule has 1 aliphatic heterocycles. The van der Waals surface area contributed by atoms with E-state index >= 15 is 0 Å². The molecule has 126 valence electrons. The number of carbonyl (C=O) groups excluding carboxylic acids is 3. The van der Waals surface area contributed by atoms with E-state index in [4.69, 9.17) is 9.25 Å². The average Bonchev–Trinajstić information content (AvgIpc) is 3.56. The van der Waals surface area contributed by atoms with Crippen molar-refractivity contribution in [2.45, 2.75) is 37.5 Å². The fourth-order valence-corrected chi connectivity index (χ4v) is 3.18. The number of hydrogen-bond acceptors (Lipinski definition) is 5. The van der Waals surface area contributed by atoms with Gasteiger partial charge in [0.1, 0.15) is 17.1 Å². The van der Waals surface area contributed by atoms with E-state index in [1.165, 1.54) is 0 Å². The Bertz CT molecular complexity index is 885. The van der Waals surface area contributed by atoms with Crippen LogP contribution in [-0.4, -0.2) is 22.8 Å². The lowest BCUT2D eigenvalue weighted by Crippen LogP contribution is -2.32. The molecular weight excluding hydrogens is 322 g/mol. The highest BCUT2D eigenvalue weighted by molar-refractivity contribution is 6.21. The molecule has 2 fully saturated rings. The molecule has 0 saturated heterocycles. The van der Waals surface area contributed by atoms with Crippen LogP contribution in [0.2, 0.25) is 0 Å². The van der Waals surface area contributed by atoms with E-state index in [0.29, 0.717) is 22.3 Å². The lowest BCUT2D eigenvalue weighted by Gasteiger charge is -2.12. The monoisotopic (exact) mass is 337 g/mol. The van der Waals surface area contributed by atoms with Gasteiger partial charge in [-0.1, -0.05) is 17.2 Å². The molecule has 25 heavy (non-hydrogen) atoms. The molecule has 1 aromatic carbocycles. The van der Waals surface area contributed by atoms with Gasteiger partial charge in [-0.2, -0.15) is 0 Å². The number of hydroxylamine groups is 2. The van der Waals surface area contributed by atoms with Crippen LogP contribution in [0.5, 0.6) is 0 Å². The van der Waals surface area contributed by atoms with E-state index in [9.17, 15) is 14.4 Å². The summed E-state index contributed by atoms with van der Waals surface area (Å²) >= 11 is 0. The molecule has 1 aromatic heterocycles. The second-order valence-electron chi connectivity index (χ2n) is 6.80. The Morgan fingerprint density at radius 2 is 1.60 bits per heavy atom. The molecule has 2 saturated carbocycles. The lowest BCUT2D eigenvalue weighted by atomic mass is 10.1. The normalized spacial score (nSPS) is 19.3. The van der Waals surface area contributed by atoms with Gasteiger partial charge >= 0.3 is 5.97 Å². The minimum atomic E-state index is -0.716. The van der Waals surface area contributed by atoms with Gasteiger partial charge in [0.25, 0.3) is 11.8 Å². The van der Waals surface area contributed by atoms with E-state index < -0.39 is 17.8 Å². The highest BCUT2D eigenvalue weighted by Crippen LogP contribution is 2.47. The second kappa shape index (κ2) is 5.05. The predicted molar refractivity (Wildman–Crippen MR) is 85.0 cm³/mol. The minimum absolute atomic E-state index is 0.234. The number of benzene rings is 1. The van der Waals surface area contributed by atoms with Crippen LogP contribution in [0.25, 0.3) is 0 Å². The number of hydrogen-bond donors (Lipinski definition) is 0. The van der Waals surface area contributed by atoms with Crippen LogP contribution in [0.4, 0.5) is 0 Å². The quantitative estimate of drug-likeness (QED) is 0.799. The Labute approximate surface area is 143 Å². The van der Waals surface area contributed by atoms with Crippen molar-refractivity contribution in [2.24, 2.45) is 0 Å². The van der Waals surface area contributed by atoms with Crippen LogP contribution in [-0.2, 0) is 4.84 Å². The first-order valence-corrected chi connectivity index (χ1v) is 8.47. The van der Waals surface area contributed by atoms with Crippen LogP contribution in [0, 0.1) is 0 Å². The first kappa shape index (κ1) is 14.5. The molecule has 2 amide bonds. The Kier molecular flexibility index (Phi) is 2.92. The van der Waals surface area contributed by atoms with Crippen molar-refractivity contribution < 1.29 is 23.6 Å². The van der Waals surface area contributed by atoms with Crippen LogP contribution < -0.4 is 0 Å². The number of imide groups is 1. The van der Waals surface area contributed by atoms with Gasteiger partial charge in [-0.25, -0.2) is 4.79 Å². The van der Waals surface area contributed by atoms with E-state index in [1.807, 2.05) is 0 Å². The molecule has 6 nitrogen and oxygen atoms in total. The smallest absolute Gasteiger partial charge is 0.367 e. The molecule has 5 rings (SSSR count). The van der Waals surface area contributed by atoms with Gasteiger partial charge in [0.2, 0.25) is 0 Å². The largest absolute Gasteiger partial charge is 0.465 e. The zero-order valence-corrected chi connectivity index (χ0v) is 13.4. The summed E-state index contributed by atoms with van der Waals surface area (Å²) in [6.45, 7) is 0. The van der Waals surface area contributed by atoms with Crippen molar-refractivity contribution in [2.75, 3.05) is 0 Å². The molecule has 0 N–H and O–H groups in total. The molecule has 0 spiro atoms. The maximum atomic E-state index is 12.6. The summed E-state index contributed by atoms with van der Waals surface area (Å²) in [4.78, 5) is 42.5. The van der Waals surface area contributed by atoms with E-state index in [-0.39, 0.29) is 17.0 Å². The lowest BCUT2D eigenvalue weighted by molar-refractivity contribution is -0.0586. The third-order valence-electron chi connectivity index (χ3n) is 4.86. The van der Waals surface area contributed by atoms with Gasteiger partial charge in [0.05, 0.1) is 11.1 Å². The molecule has 0 unspecified atom stereocenters. The van der Waals surface area contributed by atoms with Crippen molar-refractivity contribution in [3.05, 3.63) is 58.5 Å². The van der Waals surface area contributed by atoms with Crippen molar-refractivity contribution in [1.82, 2.24) is 5.06 Å². The molecule has 0 bridgehead atoms. The summed E-state index contributed by atoms with van der Waals surface area (Å²) < 4.78 is 5.87. The third-order valence-corrected chi connectivity index (χ3v) is 4.86. The molecular formula is C19H15NO5. The van der Waals surface area contributed by atoms with Gasteiger partial charge < -0.3 is 9.25 Å². The Hall–Kier alpha value is -2.89. The van der Waals surface area contributed by atoms with Crippen LogP contribution in [0.1, 0.15) is 80.1 Å². The second-order valence-corrected chi connectivity index (χ2v) is 6.80. The predicted octanol–water partition coefficient (Wildman–Crippen LogP) is 3.40. The maximum absolute atomic E-state index is 12.6. The van der Waals surface area contributed by atoms with Crippen molar-refractivity contribution in [1.29, 1.82) is 0 Å². The van der Waals surface area contributed by atoms with E-state index in [1.54, 1.807) is 30.3 Å². The number of rotatable bonds is 4. The van der Waals surface area contributed by atoms with Gasteiger partial charge in [-0.3, -0.25) is 9.59 Å². The highest BCUT2D eigenvalue weighted by Gasteiger charge is 2.41. The summed E-state index contributed by atoms with van der Waals surface area (Å²) in [6.07, 6.45) is 4.07. The van der Waals surface area contributed by atoms with Crippen LogP contribution in [0.3, 0.4) is 0 Å². The maximum Gasteiger partial charge on any atom is 0.367 e. The molecule has 2 heterocycles. The van der Waals surface area contributed by atoms with Gasteiger partial charge in [0, 0.05) is 11.8 Å². The number of amides is 2. The van der Waals surface area contributed by atoms with Gasteiger partial charge in [0.15, 0.2) is 0 Å². The number of fused-ring (bicyclic) bond motifs is 1. The number of nitrogens with zero attached hydrogens (tertiary/aromatic N) is 1. The fraction of sp³-hybridized carbons (Fsp3) is 0.316. The van der Waals surface area contributed by atoms with Crippen LogP contribution >= 0.6 is 0 Å². The van der Waals surface area contributed by atoms with E-state index in [0.717, 1.165) is 31.4 Å². The summed E-state index contributed by atoms with van der Waals surface area (Å²) in [7, 11) is 0. The standard InChI is InChI=1S/C19H15NO5/c21-17-12-3-1-2-4-13(12)18(22)20(17)25-19(23)14-9-15(10-5-6-10)24-16(14)11-7-8-11/h1-4,9-11H,5-8H2. The van der Waals surface area contributed by atoms with Crippen molar-refractivity contribution in [3.8, 4) is 0 Å². The molecule has 6 heteroatoms. The molecule has 2 aliphatic carbocycles. The minimum Gasteiger partial charge on any atom is -0.465 e. The van der Waals surface area contributed by atoms with Gasteiger partial charge in [-0.15, -0.1) is 0 Å². The Morgan fingerprint density at radius 1 is 1.00 bits per heavy atom. The third kappa shape index (κ3) is 2.28. The SMILES string of the molecule is O=C(ON1C(=O)c2ccccc2C1=O)c1cc(C2CC2)oc1C1CC1. The summed E-state index contributed by atoms with van der Waals surface area (Å²) in [5.41, 5.74) is 0.822. The molecule has 3 aliphatic rings. The first-order chi connectivity index (χ1) is 12.1. The molecule has 0 atom stereocenters. The average molecular weight is 337 g/mol. The highest BCUT2D eigenvalue weighted by atomic mass is 16.7. The topological polar surface area (TPSA) is 76.8 Å². The number of carbonyl (C=O) groups is 3. The van der Waals surface area contributed by atoms with Crippen molar-refractivity contribution in [3.63, 3.8) is 0 Å². The van der Waals surface area contributed by atoms with Gasteiger partial charge in [-0.05, 0) is 43.9 Å². The van der Waals surface area contributed by atoms with Crippen molar-refractivity contribution >= 4 is 17.8 Å². The first-order valence-electron chi connectivity index (χ1n) is 8.47. The van der Waals surface area contributed by atoms with E-state index in [2.05, 4.69) is 0 Å². The molecule has 2 aromatic rings. The zero-order chi connectivity index (χ0) is 17.1. The number of furan rings is 1. The summed E-state index contributed by atoms with van der Waals surface area (Å²) in [6, 6.07) is 8.13. The summed E-state index contributed by atoms with van der Waals surface area (Å²) in [5, 5.41) is 0.549. The Morgan fingerprint density at radius 3 is 2.16 bits per heavy atom. The summed E-state index contributed by atoms with van der Waals surface area (Å²) in [5.74, 6) is 0.0861. The Balaban J connectivity index is 1.43. The van der Waals surface area contributed by atoms with Crippen LogP contribution in [0.15, 0.2) is 34.7 Å². The molecule has 0 radical (unpaired) electrons.